The number of phenols is 1. The Morgan fingerprint density at radius 2 is 1.73 bits per heavy atom. The standard InChI is InChI=1S/C20H23NO5/c1-11(2)17-12(3)10-16(18(22)13(17)4)26-15-8-6-14(7-9-15)21-19(23)20(24)25-5/h6-11,22H,1-5H3,(H,21,23). The number of benzene rings is 2. The van der Waals surface area contributed by atoms with Crippen molar-refractivity contribution in [3.63, 3.8) is 0 Å². The topological polar surface area (TPSA) is 84.9 Å². The Morgan fingerprint density at radius 3 is 2.27 bits per heavy atom. The van der Waals surface area contributed by atoms with Crippen LogP contribution in [0, 0.1) is 13.8 Å². The van der Waals surface area contributed by atoms with Gasteiger partial charge in [-0.15, -0.1) is 0 Å². The summed E-state index contributed by atoms with van der Waals surface area (Å²) in [4.78, 5) is 22.6. The van der Waals surface area contributed by atoms with Crippen LogP contribution in [0.1, 0.15) is 36.5 Å². The highest BCUT2D eigenvalue weighted by Crippen LogP contribution is 2.39. The van der Waals surface area contributed by atoms with Crippen molar-refractivity contribution in [3.05, 3.63) is 47.0 Å². The third-order valence-electron chi connectivity index (χ3n) is 4.05. The summed E-state index contributed by atoms with van der Waals surface area (Å²) < 4.78 is 10.1. The lowest BCUT2D eigenvalue weighted by atomic mass is 9.92. The fourth-order valence-electron chi connectivity index (χ4n) is 2.93. The maximum Gasteiger partial charge on any atom is 0.396 e. The number of aromatic hydroxyl groups is 1. The van der Waals surface area contributed by atoms with E-state index in [2.05, 4.69) is 23.9 Å². The highest BCUT2D eigenvalue weighted by atomic mass is 16.5. The second kappa shape index (κ2) is 7.91. The molecule has 1 amide bonds. The minimum absolute atomic E-state index is 0.113. The van der Waals surface area contributed by atoms with Gasteiger partial charge in [-0.2, -0.15) is 0 Å². The number of carbonyl (C=O) groups excluding carboxylic acids is 2. The Morgan fingerprint density at radius 1 is 1.12 bits per heavy atom. The quantitative estimate of drug-likeness (QED) is 0.637. The molecule has 0 aliphatic rings. The van der Waals surface area contributed by atoms with Crippen LogP contribution in [-0.4, -0.2) is 24.1 Å². The number of aryl methyl sites for hydroxylation is 1. The van der Waals surface area contributed by atoms with Crippen molar-refractivity contribution in [1.82, 2.24) is 0 Å². The van der Waals surface area contributed by atoms with Gasteiger partial charge in [-0.25, -0.2) is 4.79 Å². The number of hydrogen-bond acceptors (Lipinski definition) is 5. The van der Waals surface area contributed by atoms with Crippen LogP contribution in [0.15, 0.2) is 30.3 Å². The van der Waals surface area contributed by atoms with Gasteiger partial charge in [-0.3, -0.25) is 4.79 Å². The summed E-state index contributed by atoms with van der Waals surface area (Å²) in [5, 5.41) is 12.9. The molecule has 0 heterocycles. The van der Waals surface area contributed by atoms with E-state index in [9.17, 15) is 14.7 Å². The van der Waals surface area contributed by atoms with Crippen LogP contribution in [-0.2, 0) is 14.3 Å². The molecular weight excluding hydrogens is 334 g/mol. The van der Waals surface area contributed by atoms with Crippen molar-refractivity contribution in [3.8, 4) is 17.2 Å². The molecule has 0 saturated carbocycles. The summed E-state index contributed by atoms with van der Waals surface area (Å²) in [7, 11) is 1.14. The number of amides is 1. The average Bonchev–Trinajstić information content (AvgIpc) is 2.60. The van der Waals surface area contributed by atoms with Gasteiger partial charge in [0.05, 0.1) is 7.11 Å². The number of esters is 1. The first kappa shape index (κ1) is 19.3. The van der Waals surface area contributed by atoms with Crippen molar-refractivity contribution >= 4 is 17.6 Å². The molecule has 0 fully saturated rings. The molecule has 0 saturated heterocycles. The Hall–Kier alpha value is -3.02. The number of methoxy groups -OCH3 is 1. The van der Waals surface area contributed by atoms with Gasteiger partial charge < -0.3 is 19.9 Å². The summed E-state index contributed by atoms with van der Waals surface area (Å²) in [5.74, 6) is -0.543. The van der Waals surface area contributed by atoms with Crippen LogP contribution in [0.25, 0.3) is 0 Å². The molecule has 6 heteroatoms. The first-order chi connectivity index (χ1) is 12.2. The van der Waals surface area contributed by atoms with Gasteiger partial charge in [-0.05, 0) is 66.8 Å². The number of rotatable bonds is 4. The van der Waals surface area contributed by atoms with Gasteiger partial charge >= 0.3 is 11.9 Å². The Labute approximate surface area is 152 Å². The minimum Gasteiger partial charge on any atom is -0.504 e. The van der Waals surface area contributed by atoms with Crippen molar-refractivity contribution in [1.29, 1.82) is 0 Å². The molecule has 2 N–H and O–H groups in total. The zero-order chi connectivity index (χ0) is 19.4. The monoisotopic (exact) mass is 357 g/mol. The summed E-state index contributed by atoms with van der Waals surface area (Å²) in [6.07, 6.45) is 0. The van der Waals surface area contributed by atoms with Crippen molar-refractivity contribution in [2.45, 2.75) is 33.6 Å². The molecule has 0 radical (unpaired) electrons. The lowest BCUT2D eigenvalue weighted by Crippen LogP contribution is -2.23. The Bertz CT molecular complexity index is 825. The molecule has 0 atom stereocenters. The van der Waals surface area contributed by atoms with E-state index in [-0.39, 0.29) is 5.75 Å². The molecule has 0 bridgehead atoms. The smallest absolute Gasteiger partial charge is 0.396 e. The fourth-order valence-corrected chi connectivity index (χ4v) is 2.93. The van der Waals surface area contributed by atoms with Crippen LogP contribution in [0.5, 0.6) is 17.2 Å². The van der Waals surface area contributed by atoms with E-state index in [1.165, 1.54) is 0 Å². The third-order valence-corrected chi connectivity index (χ3v) is 4.05. The zero-order valence-corrected chi connectivity index (χ0v) is 15.5. The molecule has 138 valence electrons. The summed E-state index contributed by atoms with van der Waals surface area (Å²) in [6.45, 7) is 8.02. The summed E-state index contributed by atoms with van der Waals surface area (Å²) in [6, 6.07) is 8.26. The lowest BCUT2D eigenvalue weighted by molar-refractivity contribution is -0.150. The predicted molar refractivity (Wildman–Crippen MR) is 98.8 cm³/mol. The Balaban J connectivity index is 2.19. The van der Waals surface area contributed by atoms with Gasteiger partial charge in [-0.1, -0.05) is 13.8 Å². The molecule has 2 aromatic rings. The van der Waals surface area contributed by atoms with Crippen LogP contribution in [0.2, 0.25) is 0 Å². The van der Waals surface area contributed by atoms with Crippen LogP contribution >= 0.6 is 0 Å². The van der Waals surface area contributed by atoms with Gasteiger partial charge in [0.2, 0.25) is 0 Å². The van der Waals surface area contributed by atoms with E-state index in [4.69, 9.17) is 4.74 Å². The van der Waals surface area contributed by atoms with Crippen molar-refractivity contribution < 1.29 is 24.2 Å². The number of hydrogen-bond donors (Lipinski definition) is 2. The van der Waals surface area contributed by atoms with Crippen molar-refractivity contribution in [2.75, 3.05) is 12.4 Å². The summed E-state index contributed by atoms with van der Waals surface area (Å²) in [5.41, 5.74) is 3.39. The Kier molecular flexibility index (Phi) is 5.87. The highest BCUT2D eigenvalue weighted by Gasteiger charge is 2.17. The average molecular weight is 357 g/mol. The number of ether oxygens (including phenoxy) is 2. The number of anilines is 1. The highest BCUT2D eigenvalue weighted by molar-refractivity contribution is 6.37. The molecule has 0 aromatic heterocycles. The van der Waals surface area contributed by atoms with E-state index >= 15 is 0 Å². The van der Waals surface area contributed by atoms with Gasteiger partial charge in [0.1, 0.15) is 5.75 Å². The molecule has 0 unspecified atom stereocenters. The molecule has 0 aliphatic heterocycles. The second-order valence-electron chi connectivity index (χ2n) is 6.31. The molecule has 0 spiro atoms. The van der Waals surface area contributed by atoms with E-state index in [1.54, 1.807) is 24.3 Å². The van der Waals surface area contributed by atoms with Crippen LogP contribution in [0.3, 0.4) is 0 Å². The first-order valence-electron chi connectivity index (χ1n) is 8.24. The second-order valence-corrected chi connectivity index (χ2v) is 6.31. The van der Waals surface area contributed by atoms with Crippen molar-refractivity contribution in [2.24, 2.45) is 0 Å². The van der Waals surface area contributed by atoms with E-state index < -0.39 is 11.9 Å². The molecule has 26 heavy (non-hydrogen) atoms. The first-order valence-corrected chi connectivity index (χ1v) is 8.24. The zero-order valence-electron chi connectivity index (χ0n) is 15.5. The van der Waals surface area contributed by atoms with Crippen LogP contribution < -0.4 is 10.1 Å². The van der Waals surface area contributed by atoms with E-state index in [0.717, 1.165) is 23.8 Å². The van der Waals surface area contributed by atoms with E-state index in [1.807, 2.05) is 19.9 Å². The predicted octanol–water partition coefficient (Wildman–Crippen LogP) is 4.04. The molecule has 2 aromatic carbocycles. The SMILES string of the molecule is COC(=O)C(=O)Nc1ccc(Oc2cc(C)c(C(C)C)c(C)c2O)cc1. The maximum absolute atomic E-state index is 11.5. The summed E-state index contributed by atoms with van der Waals surface area (Å²) >= 11 is 0. The minimum atomic E-state index is -0.966. The molecule has 2 rings (SSSR count). The normalized spacial score (nSPS) is 10.5. The molecule has 6 nitrogen and oxygen atoms in total. The molecule has 0 aliphatic carbocycles. The van der Waals surface area contributed by atoms with Gasteiger partial charge in [0.15, 0.2) is 11.5 Å². The lowest BCUT2D eigenvalue weighted by Gasteiger charge is -2.18. The number of nitrogens with one attached hydrogen (secondary N) is 1. The maximum atomic E-state index is 11.5. The molecular formula is C20H23NO5. The largest absolute Gasteiger partial charge is 0.504 e. The number of carbonyl (C=O) groups is 2. The van der Waals surface area contributed by atoms with E-state index in [0.29, 0.717) is 23.1 Å². The van der Waals surface area contributed by atoms with Gasteiger partial charge in [0, 0.05) is 5.69 Å². The number of phenolic OH excluding ortho intramolecular Hbond substituents is 1. The van der Waals surface area contributed by atoms with Crippen LogP contribution in [0.4, 0.5) is 5.69 Å². The third kappa shape index (κ3) is 4.14. The van der Waals surface area contributed by atoms with Gasteiger partial charge in [0.25, 0.3) is 0 Å². The fraction of sp³-hybridized carbons (Fsp3) is 0.300.